The van der Waals surface area contributed by atoms with Crippen molar-refractivity contribution >= 4 is 86.2 Å². The van der Waals surface area contributed by atoms with Crippen molar-refractivity contribution in [3.05, 3.63) is 155 Å². The highest BCUT2D eigenvalue weighted by molar-refractivity contribution is 6.46. The average Bonchev–Trinajstić information content (AvgIpc) is 3.74. The normalized spacial score (nSPS) is 13.7. The average molecular weight is 859 g/mol. The lowest BCUT2D eigenvalue weighted by atomic mass is 9.76. The molecule has 11 aromatic carbocycles. The molecule has 11 aromatic rings. The van der Waals surface area contributed by atoms with Gasteiger partial charge in [0.25, 0.3) is 0 Å². The van der Waals surface area contributed by atoms with Crippen LogP contribution in [-0.4, -0.2) is 0 Å². The van der Waals surface area contributed by atoms with Gasteiger partial charge in [0, 0.05) is 0 Å². The van der Waals surface area contributed by atoms with Crippen LogP contribution in [0.15, 0.2) is 127 Å². The van der Waals surface area contributed by atoms with Gasteiger partial charge < -0.3 is 0 Å². The molecule has 330 valence electrons. The van der Waals surface area contributed by atoms with Crippen molar-refractivity contribution in [2.45, 2.75) is 131 Å². The third kappa shape index (κ3) is 6.37. The molecule has 66 heavy (non-hydrogen) atoms. The van der Waals surface area contributed by atoms with E-state index < -0.39 is 0 Å². The Balaban J connectivity index is 1.49. The van der Waals surface area contributed by atoms with Crippen LogP contribution in [0.25, 0.3) is 108 Å². The molecule has 0 aliphatic rings. The van der Waals surface area contributed by atoms with Gasteiger partial charge in [-0.1, -0.05) is 213 Å². The van der Waals surface area contributed by atoms with Crippen molar-refractivity contribution in [1.82, 2.24) is 0 Å². The van der Waals surface area contributed by atoms with E-state index in [1.165, 1.54) is 136 Å². The predicted molar refractivity (Wildman–Crippen MR) is 293 cm³/mol. The molecule has 0 bridgehead atoms. The Morgan fingerprint density at radius 1 is 0.227 bits per heavy atom. The third-order valence-corrected chi connectivity index (χ3v) is 15.2. The first-order valence-corrected chi connectivity index (χ1v) is 24.4. The summed E-state index contributed by atoms with van der Waals surface area (Å²) in [6.45, 7) is 35.5. The maximum atomic E-state index is 2.63. The summed E-state index contributed by atoms with van der Waals surface area (Å²) >= 11 is 0. The molecule has 0 radical (unpaired) electrons. The van der Waals surface area contributed by atoms with Crippen molar-refractivity contribution in [1.29, 1.82) is 0 Å². The van der Waals surface area contributed by atoms with Crippen LogP contribution >= 0.6 is 0 Å². The van der Waals surface area contributed by atoms with Gasteiger partial charge in [0.1, 0.15) is 0 Å². The Labute approximate surface area is 392 Å². The van der Waals surface area contributed by atoms with Gasteiger partial charge in [0.15, 0.2) is 0 Å². The first-order valence-electron chi connectivity index (χ1n) is 24.4. The maximum absolute atomic E-state index is 2.63. The minimum atomic E-state index is -0.0530. The summed E-state index contributed by atoms with van der Waals surface area (Å²) in [5.41, 5.74) is 12.0. The van der Waals surface area contributed by atoms with Crippen LogP contribution in [0.1, 0.15) is 132 Å². The van der Waals surface area contributed by atoms with Crippen molar-refractivity contribution in [2.75, 3.05) is 0 Å². The molecule has 0 saturated carbocycles. The zero-order valence-corrected chi connectivity index (χ0v) is 42.1. The van der Waals surface area contributed by atoms with Gasteiger partial charge in [0.05, 0.1) is 0 Å². The summed E-state index contributed by atoms with van der Waals surface area (Å²) in [6.07, 6.45) is 0. The number of benzene rings is 9. The molecule has 11 rings (SSSR count). The summed E-state index contributed by atoms with van der Waals surface area (Å²) in [7, 11) is 0. The quantitative estimate of drug-likeness (QED) is 0.152. The second-order valence-electron chi connectivity index (χ2n) is 25.1. The Bertz CT molecular complexity index is 3730. The van der Waals surface area contributed by atoms with Crippen molar-refractivity contribution in [2.24, 2.45) is 0 Å². The van der Waals surface area contributed by atoms with E-state index in [0.29, 0.717) is 0 Å². The van der Waals surface area contributed by atoms with E-state index in [-0.39, 0.29) is 27.1 Å². The van der Waals surface area contributed by atoms with Gasteiger partial charge in [-0.05, 0) is 182 Å². The summed E-state index contributed by atoms with van der Waals surface area (Å²) in [6, 6.07) is 50.9. The van der Waals surface area contributed by atoms with Crippen LogP contribution in [0.3, 0.4) is 0 Å². The van der Waals surface area contributed by atoms with Crippen LogP contribution < -0.4 is 0 Å². The zero-order valence-electron chi connectivity index (χ0n) is 42.1. The molecule has 0 amide bonds. The number of hydrogen-bond acceptors (Lipinski definition) is 0. The SMILES string of the molecule is CC(C)(C)c1cc(-c2c3cc4c5ccc(C(C)(C)C)cc5c5cccc(c3c(-c3cc(C(C)(C)C)cc(C(C)(C)C)c3)c3c6cc7ccccc7c7cccc(c23)c76)c54)cc(C(C)(C)C)c1. The summed E-state index contributed by atoms with van der Waals surface area (Å²) in [4.78, 5) is 0. The topological polar surface area (TPSA) is 0 Å². The highest BCUT2D eigenvalue weighted by Crippen LogP contribution is 2.56. The Kier molecular flexibility index (Phi) is 8.91. The molecule has 0 nitrogen and oxygen atoms in total. The fraction of sp³-hybridized carbons (Fsp3) is 0.303. The molecular formula is C66H66. The monoisotopic (exact) mass is 859 g/mol. The molecule has 0 unspecified atom stereocenters. The predicted octanol–water partition coefficient (Wildman–Crippen LogP) is 19.6. The molecule has 0 N–H and O–H groups in total. The third-order valence-electron chi connectivity index (χ3n) is 15.2. The van der Waals surface area contributed by atoms with E-state index in [4.69, 9.17) is 0 Å². The Morgan fingerprint density at radius 2 is 0.667 bits per heavy atom. The number of rotatable bonds is 2. The van der Waals surface area contributed by atoms with Crippen LogP contribution in [0, 0.1) is 0 Å². The van der Waals surface area contributed by atoms with Gasteiger partial charge in [-0.2, -0.15) is 0 Å². The Hall–Kier alpha value is -5.98. The second-order valence-corrected chi connectivity index (χ2v) is 25.1. The fourth-order valence-corrected chi connectivity index (χ4v) is 11.3. The van der Waals surface area contributed by atoms with E-state index in [2.05, 4.69) is 231 Å². The number of fused-ring (bicyclic) bond motifs is 10. The summed E-state index contributed by atoms with van der Waals surface area (Å²) < 4.78 is 0. The van der Waals surface area contributed by atoms with Crippen LogP contribution in [0.2, 0.25) is 0 Å². The van der Waals surface area contributed by atoms with Crippen LogP contribution in [-0.2, 0) is 27.1 Å². The molecule has 0 heterocycles. The van der Waals surface area contributed by atoms with Crippen LogP contribution in [0.4, 0.5) is 0 Å². The van der Waals surface area contributed by atoms with E-state index >= 15 is 0 Å². The lowest BCUT2D eigenvalue weighted by molar-refractivity contribution is 0.568. The molecular weight excluding hydrogens is 793 g/mol. The highest BCUT2D eigenvalue weighted by atomic mass is 14.3. The first-order chi connectivity index (χ1) is 30.9. The molecule has 0 aromatic heterocycles. The molecule has 0 atom stereocenters. The molecule has 0 fully saturated rings. The largest absolute Gasteiger partial charge is 0.0616 e. The standard InChI is InChI=1S/C66H66/c1-62(2,3)40-26-27-46-51(35-40)48-23-19-24-49-57(48)52(46)36-54-55(38-28-41(63(4,5)6)33-42(29-38)64(7,8)9)60-50-25-18-22-47-45-21-17-16-20-37(45)32-53(58(47)50)61(60)56(59(49)54)39-30-43(65(10,11)12)34-44(31-39)66(13,14)15/h16-36H,1-15H3. The van der Waals surface area contributed by atoms with Gasteiger partial charge in [-0.15, -0.1) is 0 Å². The fourth-order valence-electron chi connectivity index (χ4n) is 11.3. The van der Waals surface area contributed by atoms with E-state index in [1.807, 2.05) is 0 Å². The van der Waals surface area contributed by atoms with Crippen molar-refractivity contribution in [3.8, 4) is 22.3 Å². The highest BCUT2D eigenvalue weighted by Gasteiger charge is 2.31. The van der Waals surface area contributed by atoms with Crippen molar-refractivity contribution in [3.63, 3.8) is 0 Å². The first kappa shape index (κ1) is 42.6. The minimum absolute atomic E-state index is 0.0355. The number of hydrogen-bond donors (Lipinski definition) is 0. The lowest BCUT2D eigenvalue weighted by Crippen LogP contribution is -2.16. The molecule has 0 spiro atoms. The minimum Gasteiger partial charge on any atom is -0.0616 e. The lowest BCUT2D eigenvalue weighted by Gasteiger charge is -2.28. The zero-order chi connectivity index (χ0) is 46.8. The van der Waals surface area contributed by atoms with Gasteiger partial charge in [-0.25, -0.2) is 0 Å². The maximum Gasteiger partial charge on any atom is -0.000697 e. The van der Waals surface area contributed by atoms with E-state index in [9.17, 15) is 0 Å². The molecule has 0 aliphatic heterocycles. The summed E-state index contributed by atoms with van der Waals surface area (Å²) in [5.74, 6) is 0. The van der Waals surface area contributed by atoms with E-state index in [0.717, 1.165) is 0 Å². The van der Waals surface area contributed by atoms with Gasteiger partial charge in [-0.3, -0.25) is 0 Å². The summed E-state index contributed by atoms with van der Waals surface area (Å²) in [5, 5.41) is 21.5. The molecule has 0 saturated heterocycles. The second kappa shape index (κ2) is 13.8. The van der Waals surface area contributed by atoms with E-state index in [1.54, 1.807) is 0 Å². The molecule has 0 heteroatoms. The Morgan fingerprint density at radius 3 is 1.21 bits per heavy atom. The van der Waals surface area contributed by atoms with Gasteiger partial charge >= 0.3 is 0 Å². The van der Waals surface area contributed by atoms with Gasteiger partial charge in [0.2, 0.25) is 0 Å². The molecule has 0 aliphatic carbocycles. The smallest absolute Gasteiger partial charge is 0.000697 e. The van der Waals surface area contributed by atoms with Crippen LogP contribution in [0.5, 0.6) is 0 Å². The van der Waals surface area contributed by atoms with Crippen molar-refractivity contribution < 1.29 is 0 Å².